The summed E-state index contributed by atoms with van der Waals surface area (Å²) < 4.78 is 5.11. The summed E-state index contributed by atoms with van der Waals surface area (Å²) in [5.41, 5.74) is 12.3. The van der Waals surface area contributed by atoms with Crippen LogP contribution in [0.25, 0.3) is 0 Å². The third kappa shape index (κ3) is 4.33. The minimum atomic E-state index is -0.995. The van der Waals surface area contributed by atoms with Gasteiger partial charge in [-0.1, -0.05) is 0 Å². The van der Waals surface area contributed by atoms with Gasteiger partial charge in [-0.3, -0.25) is 9.59 Å². The van der Waals surface area contributed by atoms with Crippen LogP contribution in [0.3, 0.4) is 0 Å². The molecule has 0 aliphatic carbocycles. The zero-order valence-corrected chi connectivity index (χ0v) is 13.0. The minimum Gasteiger partial charge on any atom is -0.449 e. The number of hydrogen-bond donors (Lipinski definition) is 3. The van der Waals surface area contributed by atoms with Crippen molar-refractivity contribution in [1.82, 2.24) is 0 Å². The second-order valence-corrected chi connectivity index (χ2v) is 5.10. The van der Waals surface area contributed by atoms with Crippen LogP contribution in [0.15, 0.2) is 48.5 Å². The number of esters is 1. The number of rotatable bonds is 5. The second kappa shape index (κ2) is 7.28. The van der Waals surface area contributed by atoms with Gasteiger partial charge in [0.15, 0.2) is 6.10 Å². The molecule has 124 valence electrons. The molecule has 7 heteroatoms. The highest BCUT2D eigenvalue weighted by Crippen LogP contribution is 2.12. The fraction of sp³-hybridized carbons (Fsp3) is 0.118. The van der Waals surface area contributed by atoms with Crippen LogP contribution < -0.4 is 16.8 Å². The van der Waals surface area contributed by atoms with Crippen molar-refractivity contribution in [3.8, 4) is 0 Å². The van der Waals surface area contributed by atoms with Gasteiger partial charge in [0, 0.05) is 16.9 Å². The predicted molar refractivity (Wildman–Crippen MR) is 89.3 cm³/mol. The number of carbonyl (C=O) groups is 3. The van der Waals surface area contributed by atoms with Gasteiger partial charge in [-0.2, -0.15) is 0 Å². The summed E-state index contributed by atoms with van der Waals surface area (Å²) in [5, 5.41) is 2.59. The highest BCUT2D eigenvalue weighted by molar-refractivity contribution is 5.98. The molecule has 2 rings (SSSR count). The number of anilines is 2. The van der Waals surface area contributed by atoms with Gasteiger partial charge in [0.1, 0.15) is 0 Å². The van der Waals surface area contributed by atoms with Crippen LogP contribution in [0.1, 0.15) is 27.6 Å². The lowest BCUT2D eigenvalue weighted by Gasteiger charge is -2.13. The van der Waals surface area contributed by atoms with Crippen LogP contribution in [-0.4, -0.2) is 23.9 Å². The Balaban J connectivity index is 1.95. The van der Waals surface area contributed by atoms with Crippen LogP contribution in [0.5, 0.6) is 0 Å². The summed E-state index contributed by atoms with van der Waals surface area (Å²) in [6, 6.07) is 12.2. The lowest BCUT2D eigenvalue weighted by molar-refractivity contribution is -0.123. The topological polar surface area (TPSA) is 125 Å². The number of hydrogen-bond acceptors (Lipinski definition) is 5. The number of nitrogen functional groups attached to an aromatic ring is 1. The second-order valence-electron chi connectivity index (χ2n) is 5.10. The van der Waals surface area contributed by atoms with Crippen molar-refractivity contribution in [2.24, 2.45) is 5.73 Å². The summed E-state index contributed by atoms with van der Waals surface area (Å²) in [7, 11) is 0. The standard InChI is InChI=1S/C17H17N3O4/c1-10(24-17(23)12-2-6-13(18)7-3-12)16(22)20-14-8-4-11(5-9-14)15(19)21/h2-10H,18H2,1H3,(H2,19,21)(H,20,22). The SMILES string of the molecule is CC(OC(=O)c1ccc(N)cc1)C(=O)Nc1ccc(C(N)=O)cc1. The van der Waals surface area contributed by atoms with Crippen LogP contribution in [0.4, 0.5) is 11.4 Å². The lowest BCUT2D eigenvalue weighted by Crippen LogP contribution is -2.30. The van der Waals surface area contributed by atoms with E-state index >= 15 is 0 Å². The normalized spacial score (nSPS) is 11.4. The molecule has 2 aromatic carbocycles. The largest absolute Gasteiger partial charge is 0.449 e. The Morgan fingerprint density at radius 3 is 2.04 bits per heavy atom. The van der Waals surface area contributed by atoms with Gasteiger partial charge in [0.05, 0.1) is 5.56 Å². The van der Waals surface area contributed by atoms with Gasteiger partial charge in [0.25, 0.3) is 5.91 Å². The van der Waals surface area contributed by atoms with Gasteiger partial charge in [0.2, 0.25) is 5.91 Å². The molecule has 2 aromatic rings. The first kappa shape index (κ1) is 17.0. The van der Waals surface area contributed by atoms with E-state index in [0.29, 0.717) is 22.5 Å². The monoisotopic (exact) mass is 327 g/mol. The molecule has 5 N–H and O–H groups in total. The maximum atomic E-state index is 12.1. The number of nitrogens with one attached hydrogen (secondary N) is 1. The van der Waals surface area contributed by atoms with Gasteiger partial charge in [-0.05, 0) is 55.5 Å². The van der Waals surface area contributed by atoms with E-state index in [2.05, 4.69) is 5.32 Å². The number of benzene rings is 2. The fourth-order valence-electron chi connectivity index (χ4n) is 1.86. The molecule has 0 aliphatic heterocycles. The molecule has 2 amide bonds. The van der Waals surface area contributed by atoms with E-state index in [9.17, 15) is 14.4 Å². The Hall–Kier alpha value is -3.35. The van der Waals surface area contributed by atoms with E-state index in [1.165, 1.54) is 43.3 Å². The third-order valence-corrected chi connectivity index (χ3v) is 3.24. The number of nitrogens with two attached hydrogens (primary N) is 2. The highest BCUT2D eigenvalue weighted by Gasteiger charge is 2.19. The molecular formula is C17H17N3O4. The van der Waals surface area contributed by atoms with E-state index < -0.39 is 23.9 Å². The van der Waals surface area contributed by atoms with Crippen molar-refractivity contribution in [2.75, 3.05) is 11.1 Å². The zero-order chi connectivity index (χ0) is 17.7. The van der Waals surface area contributed by atoms with Crippen molar-refractivity contribution in [1.29, 1.82) is 0 Å². The van der Waals surface area contributed by atoms with E-state index in [1.807, 2.05) is 0 Å². The Kier molecular flexibility index (Phi) is 5.16. The summed E-state index contributed by atoms with van der Waals surface area (Å²) in [6.07, 6.45) is -0.995. The van der Waals surface area contributed by atoms with Crippen LogP contribution in [0.2, 0.25) is 0 Å². The molecule has 0 bridgehead atoms. The summed E-state index contributed by atoms with van der Waals surface area (Å²) in [5.74, 6) is -1.67. The molecule has 0 heterocycles. The summed E-state index contributed by atoms with van der Waals surface area (Å²) in [4.78, 5) is 35.0. The average molecular weight is 327 g/mol. The molecule has 1 unspecified atom stereocenters. The highest BCUT2D eigenvalue weighted by atomic mass is 16.5. The van der Waals surface area contributed by atoms with E-state index in [1.54, 1.807) is 12.1 Å². The van der Waals surface area contributed by atoms with Crippen molar-refractivity contribution < 1.29 is 19.1 Å². The van der Waals surface area contributed by atoms with Gasteiger partial charge >= 0.3 is 5.97 Å². The van der Waals surface area contributed by atoms with Crippen LogP contribution in [-0.2, 0) is 9.53 Å². The van der Waals surface area contributed by atoms with Gasteiger partial charge < -0.3 is 21.5 Å². The smallest absolute Gasteiger partial charge is 0.338 e. The Morgan fingerprint density at radius 2 is 1.50 bits per heavy atom. The summed E-state index contributed by atoms with van der Waals surface area (Å²) >= 11 is 0. The molecule has 0 spiro atoms. The summed E-state index contributed by atoms with van der Waals surface area (Å²) in [6.45, 7) is 1.46. The van der Waals surface area contributed by atoms with Gasteiger partial charge in [-0.15, -0.1) is 0 Å². The molecule has 0 saturated heterocycles. The van der Waals surface area contributed by atoms with Crippen LogP contribution in [0, 0.1) is 0 Å². The van der Waals surface area contributed by atoms with Crippen molar-refractivity contribution in [3.63, 3.8) is 0 Å². The maximum Gasteiger partial charge on any atom is 0.338 e. The van der Waals surface area contributed by atoms with Crippen molar-refractivity contribution in [2.45, 2.75) is 13.0 Å². The molecule has 0 fully saturated rings. The van der Waals surface area contributed by atoms with Crippen LogP contribution >= 0.6 is 0 Å². The minimum absolute atomic E-state index is 0.301. The number of carbonyl (C=O) groups excluding carboxylic acids is 3. The third-order valence-electron chi connectivity index (χ3n) is 3.24. The first-order chi connectivity index (χ1) is 11.4. The van der Waals surface area contributed by atoms with Crippen molar-refractivity contribution in [3.05, 3.63) is 59.7 Å². The molecule has 24 heavy (non-hydrogen) atoms. The maximum absolute atomic E-state index is 12.1. The Labute approximate surface area is 138 Å². The molecule has 1 atom stereocenters. The molecular weight excluding hydrogens is 310 g/mol. The van der Waals surface area contributed by atoms with Gasteiger partial charge in [-0.25, -0.2) is 4.79 Å². The van der Waals surface area contributed by atoms with E-state index in [0.717, 1.165) is 0 Å². The predicted octanol–water partition coefficient (Wildman–Crippen LogP) is 1.55. The quantitative estimate of drug-likeness (QED) is 0.567. The van der Waals surface area contributed by atoms with Crippen molar-refractivity contribution >= 4 is 29.2 Å². The molecule has 0 saturated carbocycles. The fourth-order valence-corrected chi connectivity index (χ4v) is 1.86. The number of ether oxygens (including phenoxy) is 1. The van der Waals surface area contributed by atoms with E-state index in [-0.39, 0.29) is 0 Å². The first-order valence-electron chi connectivity index (χ1n) is 7.14. The molecule has 0 radical (unpaired) electrons. The van der Waals surface area contributed by atoms with E-state index in [4.69, 9.17) is 16.2 Å². The lowest BCUT2D eigenvalue weighted by atomic mass is 10.2. The Morgan fingerprint density at radius 1 is 0.958 bits per heavy atom. The zero-order valence-electron chi connectivity index (χ0n) is 13.0. The average Bonchev–Trinajstić information content (AvgIpc) is 2.55. The Bertz CT molecular complexity index is 754. The number of amides is 2. The molecule has 0 aromatic heterocycles. The molecule has 7 nitrogen and oxygen atoms in total. The number of primary amides is 1. The molecule has 0 aliphatic rings. The first-order valence-corrected chi connectivity index (χ1v) is 7.14.